The lowest BCUT2D eigenvalue weighted by atomic mass is 9.85. The van der Waals surface area contributed by atoms with Crippen LogP contribution in [0, 0.1) is 0 Å². The van der Waals surface area contributed by atoms with Gasteiger partial charge < -0.3 is 10.6 Å². The summed E-state index contributed by atoms with van der Waals surface area (Å²) in [5.41, 5.74) is 3.69. The number of halogens is 1. The van der Waals surface area contributed by atoms with Crippen molar-refractivity contribution in [2.24, 2.45) is 4.99 Å². The summed E-state index contributed by atoms with van der Waals surface area (Å²) in [5.74, 6) is 0.791. The maximum Gasteiger partial charge on any atom is 0.191 e. The van der Waals surface area contributed by atoms with E-state index in [1.165, 1.54) is 11.1 Å². The zero-order valence-electron chi connectivity index (χ0n) is 17.3. The maximum absolute atomic E-state index is 4.46. The zero-order valence-corrected chi connectivity index (χ0v) is 19.6. The molecule has 0 aliphatic rings. The minimum absolute atomic E-state index is 0. The second-order valence-corrected chi connectivity index (χ2v) is 7.56. The average molecular weight is 503 g/mol. The molecule has 0 aliphatic carbocycles. The Kier molecular flexibility index (Phi) is 8.70. The number of hydrogen-bond donors (Lipinski definition) is 2. The van der Waals surface area contributed by atoms with E-state index in [4.69, 9.17) is 0 Å². The molecule has 0 spiro atoms. The number of hydrogen-bond acceptors (Lipinski definition) is 2. The molecule has 0 saturated carbocycles. The summed E-state index contributed by atoms with van der Waals surface area (Å²) in [6.45, 7) is 6.72. The lowest BCUT2D eigenvalue weighted by Crippen LogP contribution is -2.43. The van der Waals surface area contributed by atoms with E-state index >= 15 is 0 Å². The normalized spacial score (nSPS) is 11.6. The Morgan fingerprint density at radius 1 is 0.966 bits per heavy atom. The van der Waals surface area contributed by atoms with Crippen LogP contribution in [-0.2, 0) is 18.5 Å². The van der Waals surface area contributed by atoms with Gasteiger partial charge in [-0.1, -0.05) is 74.5 Å². The molecule has 0 unspecified atom stereocenters. The van der Waals surface area contributed by atoms with Crippen molar-refractivity contribution in [1.29, 1.82) is 0 Å². The van der Waals surface area contributed by atoms with Crippen LogP contribution in [0.1, 0.15) is 30.5 Å². The van der Waals surface area contributed by atoms with Gasteiger partial charge in [-0.15, -0.1) is 24.0 Å². The number of nitrogens with zero attached hydrogens (tertiary/aromatic N) is 3. The Morgan fingerprint density at radius 3 is 2.28 bits per heavy atom. The van der Waals surface area contributed by atoms with Crippen molar-refractivity contribution < 1.29 is 0 Å². The molecule has 0 radical (unpaired) electrons. The van der Waals surface area contributed by atoms with Crippen LogP contribution < -0.4 is 10.6 Å². The van der Waals surface area contributed by atoms with Crippen LogP contribution in [0.5, 0.6) is 0 Å². The Labute approximate surface area is 190 Å². The second-order valence-electron chi connectivity index (χ2n) is 7.56. The molecule has 1 heterocycles. The molecular formula is C23H30IN5. The van der Waals surface area contributed by atoms with E-state index in [2.05, 4.69) is 77.2 Å². The third-order valence-electron chi connectivity index (χ3n) is 4.81. The SMILES string of the molecule is CN=C(NCc1cnn(Cc2ccccc2)c1)NCC(C)(C)c1ccccc1.I. The van der Waals surface area contributed by atoms with Gasteiger partial charge in [0.2, 0.25) is 0 Å². The minimum atomic E-state index is 0. The number of benzene rings is 2. The van der Waals surface area contributed by atoms with Crippen molar-refractivity contribution in [2.45, 2.75) is 32.4 Å². The molecule has 6 heteroatoms. The van der Waals surface area contributed by atoms with Crippen LogP contribution in [-0.4, -0.2) is 29.3 Å². The third kappa shape index (κ3) is 6.88. The highest BCUT2D eigenvalue weighted by atomic mass is 127. The molecule has 154 valence electrons. The lowest BCUT2D eigenvalue weighted by molar-refractivity contribution is 0.508. The lowest BCUT2D eigenvalue weighted by Gasteiger charge is -2.26. The van der Waals surface area contributed by atoms with Gasteiger partial charge in [-0.3, -0.25) is 9.67 Å². The maximum atomic E-state index is 4.46. The molecule has 0 saturated heterocycles. The number of aromatic nitrogens is 2. The Hall–Kier alpha value is -2.35. The predicted octanol–water partition coefficient (Wildman–Crippen LogP) is 4.19. The van der Waals surface area contributed by atoms with E-state index < -0.39 is 0 Å². The average Bonchev–Trinajstić information content (AvgIpc) is 3.17. The van der Waals surface area contributed by atoms with Gasteiger partial charge in [0, 0.05) is 37.3 Å². The van der Waals surface area contributed by atoms with Crippen LogP contribution in [0.2, 0.25) is 0 Å². The Bertz CT molecular complexity index is 888. The number of nitrogens with one attached hydrogen (secondary N) is 2. The van der Waals surface area contributed by atoms with Crippen LogP contribution in [0.3, 0.4) is 0 Å². The van der Waals surface area contributed by atoms with E-state index in [1.807, 2.05) is 35.1 Å². The zero-order chi connectivity index (χ0) is 19.8. The summed E-state index contributed by atoms with van der Waals surface area (Å²) >= 11 is 0. The highest BCUT2D eigenvalue weighted by Gasteiger charge is 2.20. The number of guanidine groups is 1. The highest BCUT2D eigenvalue weighted by molar-refractivity contribution is 14.0. The minimum Gasteiger partial charge on any atom is -0.356 e. The van der Waals surface area contributed by atoms with Crippen LogP contribution in [0.25, 0.3) is 0 Å². The molecule has 0 atom stereocenters. The predicted molar refractivity (Wildman–Crippen MR) is 131 cm³/mol. The largest absolute Gasteiger partial charge is 0.356 e. The Balaban J connectivity index is 0.00000300. The Morgan fingerprint density at radius 2 is 1.62 bits per heavy atom. The smallest absolute Gasteiger partial charge is 0.191 e. The summed E-state index contributed by atoms with van der Waals surface area (Å²) in [6.07, 6.45) is 3.97. The third-order valence-corrected chi connectivity index (χ3v) is 4.81. The van der Waals surface area contributed by atoms with Crippen LogP contribution >= 0.6 is 24.0 Å². The quantitative estimate of drug-likeness (QED) is 0.289. The van der Waals surface area contributed by atoms with Gasteiger partial charge in [-0.2, -0.15) is 5.10 Å². The topological polar surface area (TPSA) is 54.2 Å². The summed E-state index contributed by atoms with van der Waals surface area (Å²) in [7, 11) is 1.80. The second kappa shape index (κ2) is 11.0. The molecule has 1 aromatic heterocycles. The van der Waals surface area contributed by atoms with Gasteiger partial charge in [-0.25, -0.2) is 0 Å². The number of aliphatic imine (C=N–C) groups is 1. The summed E-state index contributed by atoms with van der Waals surface area (Å²) in [6, 6.07) is 20.9. The summed E-state index contributed by atoms with van der Waals surface area (Å²) in [4.78, 5) is 4.34. The van der Waals surface area contributed by atoms with Gasteiger partial charge in [0.25, 0.3) is 0 Å². The van der Waals surface area contributed by atoms with Crippen molar-refractivity contribution in [1.82, 2.24) is 20.4 Å². The summed E-state index contributed by atoms with van der Waals surface area (Å²) in [5, 5.41) is 11.3. The van der Waals surface area contributed by atoms with E-state index in [9.17, 15) is 0 Å². The van der Waals surface area contributed by atoms with Crippen molar-refractivity contribution in [3.05, 3.63) is 89.7 Å². The first-order valence-electron chi connectivity index (χ1n) is 9.62. The molecule has 5 nitrogen and oxygen atoms in total. The van der Waals surface area contributed by atoms with Gasteiger partial charge >= 0.3 is 0 Å². The molecule has 0 bridgehead atoms. The molecule has 29 heavy (non-hydrogen) atoms. The fraction of sp³-hybridized carbons (Fsp3) is 0.304. The molecule has 3 aromatic rings. The molecule has 0 amide bonds. The van der Waals surface area contributed by atoms with Crippen LogP contribution in [0.15, 0.2) is 78.0 Å². The van der Waals surface area contributed by atoms with Crippen molar-refractivity contribution in [3.63, 3.8) is 0 Å². The van der Waals surface area contributed by atoms with Crippen molar-refractivity contribution in [2.75, 3.05) is 13.6 Å². The fourth-order valence-corrected chi connectivity index (χ4v) is 3.06. The molecule has 0 fully saturated rings. The van der Waals surface area contributed by atoms with E-state index in [1.54, 1.807) is 7.05 Å². The molecule has 2 aromatic carbocycles. The standard InChI is InChI=1S/C23H29N5.HI/c1-23(2,21-12-8-5-9-13-21)18-26-22(24-3)25-14-20-15-27-28(17-20)16-19-10-6-4-7-11-19;/h4-13,15,17H,14,16,18H2,1-3H3,(H2,24,25,26);1H. The fourth-order valence-electron chi connectivity index (χ4n) is 3.06. The molecule has 0 aliphatic heterocycles. The van der Waals surface area contributed by atoms with E-state index in [0.717, 1.165) is 24.6 Å². The highest BCUT2D eigenvalue weighted by Crippen LogP contribution is 2.21. The molecule has 3 rings (SSSR count). The van der Waals surface area contributed by atoms with Crippen LogP contribution in [0.4, 0.5) is 0 Å². The first-order chi connectivity index (χ1) is 13.6. The van der Waals surface area contributed by atoms with Gasteiger partial charge in [0.15, 0.2) is 5.96 Å². The van der Waals surface area contributed by atoms with Gasteiger partial charge in [0.05, 0.1) is 12.7 Å². The van der Waals surface area contributed by atoms with Crippen molar-refractivity contribution >= 4 is 29.9 Å². The monoisotopic (exact) mass is 503 g/mol. The van der Waals surface area contributed by atoms with Gasteiger partial charge in [-0.05, 0) is 11.1 Å². The molecular weight excluding hydrogens is 473 g/mol. The first-order valence-corrected chi connectivity index (χ1v) is 9.62. The van der Waals surface area contributed by atoms with Gasteiger partial charge in [0.1, 0.15) is 0 Å². The molecule has 2 N–H and O–H groups in total. The first kappa shape index (κ1) is 22.9. The van der Waals surface area contributed by atoms with Crippen molar-refractivity contribution in [3.8, 4) is 0 Å². The number of rotatable bonds is 7. The summed E-state index contributed by atoms with van der Waals surface area (Å²) < 4.78 is 1.96. The van der Waals surface area contributed by atoms with E-state index in [-0.39, 0.29) is 29.4 Å². The van der Waals surface area contributed by atoms with E-state index in [0.29, 0.717) is 6.54 Å².